The van der Waals surface area contributed by atoms with E-state index < -0.39 is 11.7 Å². The highest BCUT2D eigenvalue weighted by Gasteiger charge is 2.47. The third-order valence-electron chi connectivity index (χ3n) is 3.71. The molecular weight excluding hydrogens is 244 g/mol. The summed E-state index contributed by atoms with van der Waals surface area (Å²) < 4.78 is 5.10. The molecule has 2 amide bonds. The lowest BCUT2D eigenvalue weighted by atomic mass is 10.0. The van der Waals surface area contributed by atoms with Crippen LogP contribution in [0.25, 0.3) is 0 Å². The molecule has 19 heavy (non-hydrogen) atoms. The summed E-state index contributed by atoms with van der Waals surface area (Å²) in [5.74, 6) is 1.97. The number of hydrogen-bond donors (Lipinski definition) is 2. The number of alkyl carbamates (subject to hydrolysis) is 1. The zero-order chi connectivity index (χ0) is 14.0. The van der Waals surface area contributed by atoms with Gasteiger partial charge in [-0.25, -0.2) is 4.79 Å². The molecule has 0 spiro atoms. The quantitative estimate of drug-likeness (QED) is 0.762. The molecule has 0 radical (unpaired) electrons. The largest absolute Gasteiger partial charge is 0.444 e. The molecule has 0 heterocycles. The topological polar surface area (TPSA) is 67.4 Å². The number of carbonyl (C=O) groups is 2. The Morgan fingerprint density at radius 3 is 2.21 bits per heavy atom. The van der Waals surface area contributed by atoms with Crippen molar-refractivity contribution in [1.82, 2.24) is 10.6 Å². The zero-order valence-corrected chi connectivity index (χ0v) is 12.0. The Kier molecular flexibility index (Phi) is 4.02. The Bertz CT molecular complexity index is 352. The van der Waals surface area contributed by atoms with Gasteiger partial charge in [-0.3, -0.25) is 4.79 Å². The molecule has 2 fully saturated rings. The Labute approximate surface area is 114 Å². The fraction of sp³-hybridized carbons (Fsp3) is 0.857. The summed E-state index contributed by atoms with van der Waals surface area (Å²) in [6, 6.07) is 0. The second-order valence-corrected chi connectivity index (χ2v) is 6.64. The van der Waals surface area contributed by atoms with Crippen LogP contribution in [0.3, 0.4) is 0 Å². The standard InChI is InChI=1S/C14H24N2O3/c1-14(2,3)19-13(18)16-5-4-15-12(17)11-7-9-6-10(9)8-11/h9-11H,4-8H2,1-3H3,(H,15,17)(H,16,18). The van der Waals surface area contributed by atoms with Crippen LogP contribution in [0.5, 0.6) is 0 Å². The van der Waals surface area contributed by atoms with Crippen LogP contribution < -0.4 is 10.6 Å². The van der Waals surface area contributed by atoms with Crippen LogP contribution in [0.15, 0.2) is 0 Å². The molecule has 0 aromatic carbocycles. The van der Waals surface area contributed by atoms with Crippen molar-refractivity contribution >= 4 is 12.0 Å². The van der Waals surface area contributed by atoms with Crippen LogP contribution in [0.1, 0.15) is 40.0 Å². The van der Waals surface area contributed by atoms with E-state index in [1.165, 1.54) is 6.42 Å². The first-order valence-electron chi connectivity index (χ1n) is 7.10. The molecule has 0 bridgehead atoms. The molecule has 2 N–H and O–H groups in total. The van der Waals surface area contributed by atoms with E-state index in [9.17, 15) is 9.59 Å². The van der Waals surface area contributed by atoms with E-state index in [1.807, 2.05) is 20.8 Å². The predicted molar refractivity (Wildman–Crippen MR) is 71.6 cm³/mol. The minimum Gasteiger partial charge on any atom is -0.444 e. The summed E-state index contributed by atoms with van der Waals surface area (Å²) in [4.78, 5) is 23.2. The Balaban J connectivity index is 1.54. The van der Waals surface area contributed by atoms with Crippen molar-refractivity contribution in [1.29, 1.82) is 0 Å². The SMILES string of the molecule is CC(C)(C)OC(=O)NCCNC(=O)C1CC2CC2C1. The minimum absolute atomic E-state index is 0.137. The van der Waals surface area contributed by atoms with Gasteiger partial charge in [-0.15, -0.1) is 0 Å². The normalized spacial score (nSPS) is 28.5. The van der Waals surface area contributed by atoms with Gasteiger partial charge in [0.05, 0.1) is 0 Å². The van der Waals surface area contributed by atoms with Gasteiger partial charge in [-0.1, -0.05) is 0 Å². The summed E-state index contributed by atoms with van der Waals surface area (Å²) >= 11 is 0. The van der Waals surface area contributed by atoms with E-state index in [1.54, 1.807) is 0 Å². The predicted octanol–water partition coefficient (Wildman–Crippen LogP) is 1.67. The molecule has 2 aliphatic carbocycles. The number of amides is 2. The molecule has 5 heteroatoms. The van der Waals surface area contributed by atoms with Gasteiger partial charge in [0.15, 0.2) is 0 Å². The third kappa shape index (κ3) is 4.40. The van der Waals surface area contributed by atoms with Crippen molar-refractivity contribution in [2.45, 2.75) is 45.6 Å². The summed E-state index contributed by atoms with van der Waals surface area (Å²) in [5.41, 5.74) is -0.488. The maximum Gasteiger partial charge on any atom is 0.407 e. The summed E-state index contributed by atoms with van der Waals surface area (Å²) in [7, 11) is 0. The molecule has 2 atom stereocenters. The Hall–Kier alpha value is -1.26. The van der Waals surface area contributed by atoms with Crippen LogP contribution in [-0.2, 0) is 9.53 Å². The van der Waals surface area contributed by atoms with Crippen LogP contribution in [0.2, 0.25) is 0 Å². The summed E-state index contributed by atoms with van der Waals surface area (Å²) in [5, 5.41) is 5.50. The van der Waals surface area contributed by atoms with Gasteiger partial charge in [0.2, 0.25) is 5.91 Å². The van der Waals surface area contributed by atoms with E-state index in [4.69, 9.17) is 4.74 Å². The first-order chi connectivity index (χ1) is 8.85. The van der Waals surface area contributed by atoms with E-state index in [2.05, 4.69) is 10.6 Å². The monoisotopic (exact) mass is 268 g/mol. The average Bonchev–Trinajstić information content (AvgIpc) is 2.89. The number of rotatable bonds is 4. The maximum atomic E-state index is 11.8. The number of hydrogen-bond acceptors (Lipinski definition) is 3. The maximum absolute atomic E-state index is 11.8. The lowest BCUT2D eigenvalue weighted by Crippen LogP contribution is -2.39. The molecule has 5 nitrogen and oxygen atoms in total. The van der Waals surface area contributed by atoms with E-state index >= 15 is 0 Å². The van der Waals surface area contributed by atoms with Gasteiger partial charge in [0.25, 0.3) is 0 Å². The molecule has 2 saturated carbocycles. The fourth-order valence-corrected chi connectivity index (χ4v) is 2.74. The lowest BCUT2D eigenvalue weighted by Gasteiger charge is -2.19. The highest BCUT2D eigenvalue weighted by molar-refractivity contribution is 5.79. The second kappa shape index (κ2) is 5.39. The van der Waals surface area contributed by atoms with Gasteiger partial charge in [0.1, 0.15) is 5.60 Å². The number of ether oxygens (including phenoxy) is 1. The molecule has 0 aromatic rings. The number of nitrogens with one attached hydrogen (secondary N) is 2. The van der Waals surface area contributed by atoms with Gasteiger partial charge >= 0.3 is 6.09 Å². The van der Waals surface area contributed by atoms with Gasteiger partial charge < -0.3 is 15.4 Å². The molecular formula is C14H24N2O3. The van der Waals surface area contributed by atoms with Gasteiger partial charge in [-0.2, -0.15) is 0 Å². The molecule has 2 unspecified atom stereocenters. The summed E-state index contributed by atoms with van der Waals surface area (Å²) in [6.45, 7) is 6.32. The van der Waals surface area contributed by atoms with Crippen molar-refractivity contribution in [3.8, 4) is 0 Å². The van der Waals surface area contributed by atoms with Gasteiger partial charge in [-0.05, 0) is 51.9 Å². The average molecular weight is 268 g/mol. The lowest BCUT2D eigenvalue weighted by molar-refractivity contribution is -0.125. The summed E-state index contributed by atoms with van der Waals surface area (Å²) in [6.07, 6.45) is 2.99. The van der Waals surface area contributed by atoms with Crippen LogP contribution >= 0.6 is 0 Å². The second-order valence-electron chi connectivity index (χ2n) is 6.64. The van der Waals surface area contributed by atoms with Crippen molar-refractivity contribution in [2.24, 2.45) is 17.8 Å². The van der Waals surface area contributed by atoms with Crippen LogP contribution in [0, 0.1) is 17.8 Å². The molecule has 108 valence electrons. The van der Waals surface area contributed by atoms with E-state index in [-0.39, 0.29) is 11.8 Å². The van der Waals surface area contributed by atoms with E-state index in [0.717, 1.165) is 24.7 Å². The Morgan fingerprint density at radius 1 is 1.05 bits per heavy atom. The van der Waals surface area contributed by atoms with Gasteiger partial charge in [0, 0.05) is 19.0 Å². The fourth-order valence-electron chi connectivity index (χ4n) is 2.74. The smallest absolute Gasteiger partial charge is 0.407 e. The van der Waals surface area contributed by atoms with Crippen LogP contribution in [0.4, 0.5) is 4.79 Å². The number of fused-ring (bicyclic) bond motifs is 1. The van der Waals surface area contributed by atoms with Crippen molar-refractivity contribution < 1.29 is 14.3 Å². The first-order valence-corrected chi connectivity index (χ1v) is 7.10. The highest BCUT2D eigenvalue weighted by Crippen LogP contribution is 2.54. The van der Waals surface area contributed by atoms with Crippen molar-refractivity contribution in [3.63, 3.8) is 0 Å². The van der Waals surface area contributed by atoms with Crippen LogP contribution in [-0.4, -0.2) is 30.7 Å². The minimum atomic E-state index is -0.488. The first kappa shape index (κ1) is 14.2. The molecule has 2 rings (SSSR count). The third-order valence-corrected chi connectivity index (χ3v) is 3.71. The Morgan fingerprint density at radius 2 is 1.63 bits per heavy atom. The highest BCUT2D eigenvalue weighted by atomic mass is 16.6. The van der Waals surface area contributed by atoms with E-state index in [0.29, 0.717) is 13.1 Å². The molecule has 0 saturated heterocycles. The molecule has 0 aromatic heterocycles. The van der Waals surface area contributed by atoms with Crippen molar-refractivity contribution in [2.75, 3.05) is 13.1 Å². The number of carbonyl (C=O) groups excluding carboxylic acids is 2. The zero-order valence-electron chi connectivity index (χ0n) is 12.0. The van der Waals surface area contributed by atoms with Crippen molar-refractivity contribution in [3.05, 3.63) is 0 Å². The molecule has 2 aliphatic rings. The molecule has 0 aliphatic heterocycles.